The Morgan fingerprint density at radius 2 is 1.93 bits per heavy atom. The predicted octanol–water partition coefficient (Wildman–Crippen LogP) is 1.16. The second-order valence-electron chi connectivity index (χ2n) is 2.45. The Balaban J connectivity index is 0. The normalized spacial score (nSPS) is 9.14. The monoisotopic (exact) mass is 203 g/mol. The fourth-order valence-corrected chi connectivity index (χ4v) is 0.924. The maximum Gasteiger partial charge on any atom is 0.123 e. The van der Waals surface area contributed by atoms with Crippen molar-refractivity contribution < 1.29 is 15.7 Å². The summed E-state index contributed by atoms with van der Waals surface area (Å²) < 4.78 is 17.4. The summed E-state index contributed by atoms with van der Waals surface area (Å²) in [6.07, 6.45) is 0.775. The molecule has 1 aromatic carbocycles. The Kier molecular flexibility index (Phi) is 8.02. The van der Waals surface area contributed by atoms with Crippen molar-refractivity contribution in [1.82, 2.24) is 0 Å². The van der Waals surface area contributed by atoms with Gasteiger partial charge in [0, 0.05) is 8.54 Å². The first kappa shape index (κ1) is 13.0. The van der Waals surface area contributed by atoms with Crippen molar-refractivity contribution in [3.05, 3.63) is 35.6 Å². The lowest BCUT2D eigenvalue weighted by Gasteiger charge is -2.00. The summed E-state index contributed by atoms with van der Waals surface area (Å²) in [5, 5.41) is 7.00. The van der Waals surface area contributed by atoms with Gasteiger partial charge in [-0.05, 0) is 24.1 Å². The maximum atomic E-state index is 12.4. The first-order valence-electron chi connectivity index (χ1n) is 4.30. The molecule has 3 N–H and O–H groups in total. The molecule has 14 heavy (non-hydrogen) atoms. The van der Waals surface area contributed by atoms with Crippen LogP contribution < -0.4 is 5.73 Å². The van der Waals surface area contributed by atoms with Gasteiger partial charge in [-0.1, -0.05) is 12.1 Å². The van der Waals surface area contributed by atoms with Crippen molar-refractivity contribution >= 4 is 0 Å². The van der Waals surface area contributed by atoms with Gasteiger partial charge in [-0.3, -0.25) is 0 Å². The van der Waals surface area contributed by atoms with Crippen LogP contribution in [0.25, 0.3) is 0 Å². The molecule has 0 unspecified atom stereocenters. The highest BCUT2D eigenvalue weighted by molar-refractivity contribution is 5.15. The number of nitrogens with two attached hydrogens (primary N) is 1. The van der Waals surface area contributed by atoms with E-state index in [1.54, 1.807) is 12.1 Å². The van der Waals surface area contributed by atoms with Crippen molar-refractivity contribution in [1.29, 1.82) is 0 Å². The number of hydrogen-bond acceptors (Lipinski definition) is 3. The zero-order valence-corrected chi connectivity index (χ0v) is 8.24. The van der Waals surface area contributed by atoms with Gasteiger partial charge in [-0.15, -0.1) is 0 Å². The van der Waals surface area contributed by atoms with Crippen LogP contribution in [0.1, 0.15) is 6.99 Å². The van der Waals surface area contributed by atoms with Crippen LogP contribution >= 0.6 is 0 Å². The molecular formula is C10H18FNO2. The minimum absolute atomic E-state index is 0. The molecule has 1 aromatic rings. The smallest absolute Gasteiger partial charge is 0.123 e. The predicted molar refractivity (Wildman–Crippen MR) is 55.4 cm³/mol. The molecule has 3 nitrogen and oxygen atoms in total. The van der Waals surface area contributed by atoms with Gasteiger partial charge in [0.25, 0.3) is 0 Å². The molecule has 0 fully saturated rings. The van der Waals surface area contributed by atoms with E-state index in [4.69, 9.17) is 15.6 Å². The largest absolute Gasteiger partial charge is 0.400 e. The van der Waals surface area contributed by atoms with E-state index in [1.165, 1.54) is 12.1 Å². The molecule has 0 radical (unpaired) electrons. The quantitative estimate of drug-likeness (QED) is 0.570. The Labute approximate surface area is 84.8 Å². The fraction of sp³-hybridized carbons (Fsp3) is 0.400. The summed E-state index contributed by atoms with van der Waals surface area (Å²) in [5.41, 5.74) is 6.19. The van der Waals surface area contributed by atoms with Gasteiger partial charge in [-0.25, -0.2) is 4.39 Å². The molecular weight excluding hydrogens is 185 g/mol. The number of benzene rings is 1. The first-order valence-corrected chi connectivity index (χ1v) is 4.30. The molecule has 0 aliphatic heterocycles. The summed E-state index contributed by atoms with van der Waals surface area (Å²) in [5.74, 6) is -0.210. The lowest BCUT2D eigenvalue weighted by atomic mass is 10.2. The minimum Gasteiger partial charge on any atom is -0.400 e. The van der Waals surface area contributed by atoms with Crippen LogP contribution in [0.5, 0.6) is 0 Å². The van der Waals surface area contributed by atoms with E-state index < -0.39 is 0 Å². The molecule has 0 saturated heterocycles. The molecule has 82 valence electrons. The Morgan fingerprint density at radius 1 is 1.36 bits per heavy atom. The van der Waals surface area contributed by atoms with Crippen molar-refractivity contribution in [2.75, 3.05) is 20.4 Å². The molecule has 4 heteroatoms. The molecule has 0 spiro atoms. The number of rotatable bonds is 4. The number of ether oxygens (including phenoxy) is 1. The standard InChI is InChI=1S/C9H12FNO.CH4O.H2/c10-9-3-1-8(2-4-9)5-6-12-7-11;1-2;/h1-4H,5-7,11H2;2H,1H3;1H. The molecule has 1 rings (SSSR count). The van der Waals surface area contributed by atoms with E-state index in [9.17, 15) is 4.39 Å². The maximum absolute atomic E-state index is 12.4. The van der Waals surface area contributed by atoms with Gasteiger partial charge in [0.1, 0.15) is 5.82 Å². The molecule has 0 aliphatic rings. The summed E-state index contributed by atoms with van der Waals surface area (Å²) in [4.78, 5) is 0. The average molecular weight is 203 g/mol. The summed E-state index contributed by atoms with van der Waals surface area (Å²) in [6, 6.07) is 6.37. The third kappa shape index (κ3) is 5.64. The highest BCUT2D eigenvalue weighted by Gasteiger charge is 1.92. The van der Waals surface area contributed by atoms with Gasteiger partial charge in [0.15, 0.2) is 0 Å². The van der Waals surface area contributed by atoms with E-state index in [2.05, 4.69) is 0 Å². The van der Waals surface area contributed by atoms with E-state index in [0.717, 1.165) is 19.1 Å². The van der Waals surface area contributed by atoms with E-state index in [0.29, 0.717) is 6.61 Å². The zero-order chi connectivity index (χ0) is 10.8. The Morgan fingerprint density at radius 3 is 2.43 bits per heavy atom. The Hall–Kier alpha value is -0.970. The third-order valence-corrected chi connectivity index (χ3v) is 1.57. The van der Waals surface area contributed by atoms with Crippen molar-refractivity contribution in [2.45, 2.75) is 6.42 Å². The van der Waals surface area contributed by atoms with Crippen LogP contribution in [0, 0.1) is 5.82 Å². The third-order valence-electron chi connectivity index (χ3n) is 1.57. The lowest BCUT2D eigenvalue weighted by Crippen LogP contribution is -2.07. The summed E-state index contributed by atoms with van der Waals surface area (Å²) in [6.45, 7) is 0.823. The second kappa shape index (κ2) is 8.62. The molecule has 0 heterocycles. The van der Waals surface area contributed by atoms with Gasteiger partial charge in [0.2, 0.25) is 0 Å². The van der Waals surface area contributed by atoms with Crippen molar-refractivity contribution in [3.63, 3.8) is 0 Å². The summed E-state index contributed by atoms with van der Waals surface area (Å²) >= 11 is 0. The van der Waals surface area contributed by atoms with Crippen molar-refractivity contribution in [3.8, 4) is 0 Å². The fourth-order valence-electron chi connectivity index (χ4n) is 0.924. The first-order chi connectivity index (χ1) is 6.83. The van der Waals surface area contributed by atoms with Crippen LogP contribution in [0.2, 0.25) is 0 Å². The second-order valence-corrected chi connectivity index (χ2v) is 2.45. The SMILES string of the molecule is CO.NCOCCc1ccc(F)cc1.[HH]. The van der Waals surface area contributed by atoms with Crippen LogP contribution in [0.3, 0.4) is 0 Å². The zero-order valence-electron chi connectivity index (χ0n) is 8.24. The van der Waals surface area contributed by atoms with Gasteiger partial charge in [-0.2, -0.15) is 0 Å². The molecule has 0 amide bonds. The highest BCUT2D eigenvalue weighted by Crippen LogP contribution is 2.03. The highest BCUT2D eigenvalue weighted by atomic mass is 19.1. The molecule has 0 aliphatic carbocycles. The van der Waals surface area contributed by atoms with Crippen LogP contribution in [0.4, 0.5) is 4.39 Å². The molecule has 0 atom stereocenters. The summed E-state index contributed by atoms with van der Waals surface area (Å²) in [7, 11) is 1.00. The van der Waals surface area contributed by atoms with E-state index in [-0.39, 0.29) is 14.0 Å². The lowest BCUT2D eigenvalue weighted by molar-refractivity contribution is 0.144. The van der Waals surface area contributed by atoms with Crippen molar-refractivity contribution in [2.24, 2.45) is 5.73 Å². The number of halogens is 1. The number of aliphatic hydroxyl groups is 1. The van der Waals surface area contributed by atoms with Crippen LogP contribution in [-0.2, 0) is 11.2 Å². The average Bonchev–Trinajstić information content (AvgIpc) is 2.24. The molecule has 0 aromatic heterocycles. The van der Waals surface area contributed by atoms with Crippen LogP contribution in [-0.4, -0.2) is 25.6 Å². The molecule has 0 saturated carbocycles. The number of aliphatic hydroxyl groups excluding tert-OH is 1. The van der Waals surface area contributed by atoms with E-state index in [1.807, 2.05) is 0 Å². The van der Waals surface area contributed by atoms with Gasteiger partial charge >= 0.3 is 0 Å². The van der Waals surface area contributed by atoms with Crippen LogP contribution in [0.15, 0.2) is 24.3 Å². The van der Waals surface area contributed by atoms with E-state index >= 15 is 0 Å². The van der Waals surface area contributed by atoms with Gasteiger partial charge < -0.3 is 15.6 Å². The van der Waals surface area contributed by atoms with Gasteiger partial charge in [0.05, 0.1) is 13.3 Å². The topological polar surface area (TPSA) is 55.5 Å². The Bertz CT molecular complexity index is 231. The molecule has 0 bridgehead atoms. The minimum atomic E-state index is -0.210. The number of hydrogen-bond donors (Lipinski definition) is 2.